The van der Waals surface area contributed by atoms with Crippen molar-refractivity contribution in [3.63, 3.8) is 0 Å². The summed E-state index contributed by atoms with van der Waals surface area (Å²) in [5.74, 6) is -4.36. The average Bonchev–Trinajstić information content (AvgIpc) is 3.14. The minimum absolute atomic E-state index is 0.0348. The Kier molecular flexibility index (Phi) is 6.58. The molecule has 176 valence electrons. The molecule has 0 bridgehead atoms. The first kappa shape index (κ1) is 23.3. The summed E-state index contributed by atoms with van der Waals surface area (Å²) in [6, 6.07) is 16.5. The topological polar surface area (TPSA) is 116 Å². The Balaban J connectivity index is 1.37. The van der Waals surface area contributed by atoms with Gasteiger partial charge < -0.3 is 25.4 Å². The van der Waals surface area contributed by atoms with Crippen molar-refractivity contribution in [1.29, 1.82) is 0 Å². The molecule has 0 saturated heterocycles. The molecule has 3 aromatic rings. The third-order valence-electron chi connectivity index (χ3n) is 5.80. The lowest BCUT2D eigenvalue weighted by Gasteiger charge is -2.20. The number of carbonyl (C=O) groups excluding carboxylic acids is 1. The summed E-state index contributed by atoms with van der Waals surface area (Å²) in [5.41, 5.74) is 2.70. The number of carboxylic acids is 1. The van der Waals surface area contributed by atoms with Crippen LogP contribution in [0.3, 0.4) is 0 Å². The van der Waals surface area contributed by atoms with Crippen molar-refractivity contribution in [1.82, 2.24) is 5.32 Å². The van der Waals surface area contributed by atoms with Crippen molar-refractivity contribution in [2.75, 3.05) is 13.2 Å². The monoisotopic (exact) mass is 469 g/mol. The van der Waals surface area contributed by atoms with Crippen LogP contribution in [-0.4, -0.2) is 46.6 Å². The zero-order chi connectivity index (χ0) is 24.4. The third-order valence-corrected chi connectivity index (χ3v) is 5.80. The fourth-order valence-corrected chi connectivity index (χ4v) is 4.11. The van der Waals surface area contributed by atoms with Gasteiger partial charge in [0.1, 0.15) is 30.4 Å². The minimum atomic E-state index is -1.91. The SMILES string of the molecule is O=C(NCC(O)C(O)c1cc(C(=O)O)c(F)cc1F)OCC1c2ccccc2-c2ccccc21. The van der Waals surface area contributed by atoms with Gasteiger partial charge >= 0.3 is 12.1 Å². The first-order chi connectivity index (χ1) is 16.3. The molecule has 1 aliphatic rings. The number of amides is 1. The van der Waals surface area contributed by atoms with Crippen molar-refractivity contribution in [3.8, 4) is 11.1 Å². The summed E-state index contributed by atoms with van der Waals surface area (Å²) in [5, 5.41) is 31.6. The molecule has 3 aromatic carbocycles. The van der Waals surface area contributed by atoms with E-state index in [0.29, 0.717) is 12.1 Å². The summed E-state index contributed by atoms with van der Waals surface area (Å²) in [4.78, 5) is 23.3. The van der Waals surface area contributed by atoms with Gasteiger partial charge in [0.2, 0.25) is 0 Å². The molecule has 0 aromatic heterocycles. The number of rotatable bonds is 7. The number of benzene rings is 3. The molecule has 0 fully saturated rings. The van der Waals surface area contributed by atoms with Crippen LogP contribution in [0.25, 0.3) is 11.1 Å². The van der Waals surface area contributed by atoms with Gasteiger partial charge in [0.05, 0.1) is 5.56 Å². The number of aliphatic hydroxyl groups is 2. The number of halogens is 2. The number of hydrogen-bond acceptors (Lipinski definition) is 5. The molecule has 4 rings (SSSR count). The predicted molar refractivity (Wildman–Crippen MR) is 117 cm³/mol. The van der Waals surface area contributed by atoms with Gasteiger partial charge in [-0.1, -0.05) is 48.5 Å². The summed E-state index contributed by atoms with van der Waals surface area (Å²) >= 11 is 0. The summed E-state index contributed by atoms with van der Waals surface area (Å²) in [6.45, 7) is -0.482. The van der Waals surface area contributed by atoms with Crippen LogP contribution >= 0.6 is 0 Å². The standard InChI is InChI=1S/C25H21F2NO6/c26-20-10-21(27)18(24(31)32)9-17(20)23(30)22(29)11-28-25(33)34-12-19-15-7-3-1-5-13(15)14-6-2-4-8-16(14)19/h1-10,19,22-23,29-30H,11-12H2,(H,28,33)(H,31,32). The highest BCUT2D eigenvalue weighted by Gasteiger charge is 2.29. The van der Waals surface area contributed by atoms with Gasteiger partial charge in [0.25, 0.3) is 0 Å². The molecular weight excluding hydrogens is 448 g/mol. The Morgan fingerprint density at radius 1 is 0.941 bits per heavy atom. The summed E-state index contributed by atoms with van der Waals surface area (Å²) in [6.07, 6.45) is -4.48. The highest BCUT2D eigenvalue weighted by Crippen LogP contribution is 2.44. The molecule has 1 amide bonds. The number of carboxylic acid groups (broad SMARTS) is 1. The van der Waals surface area contributed by atoms with Crippen LogP contribution < -0.4 is 5.32 Å². The van der Waals surface area contributed by atoms with Gasteiger partial charge in [0.15, 0.2) is 0 Å². The maximum Gasteiger partial charge on any atom is 0.407 e. The number of aliphatic hydroxyl groups excluding tert-OH is 2. The van der Waals surface area contributed by atoms with Crippen LogP contribution in [0.2, 0.25) is 0 Å². The van der Waals surface area contributed by atoms with E-state index in [0.717, 1.165) is 22.3 Å². The van der Waals surface area contributed by atoms with Crippen LogP contribution in [0, 0.1) is 11.6 Å². The number of carbonyl (C=O) groups is 2. The predicted octanol–water partition coefficient (Wildman–Crippen LogP) is 3.60. The van der Waals surface area contributed by atoms with E-state index in [1.165, 1.54) is 0 Å². The van der Waals surface area contributed by atoms with Gasteiger partial charge in [0, 0.05) is 24.1 Å². The van der Waals surface area contributed by atoms with Crippen molar-refractivity contribution >= 4 is 12.1 Å². The van der Waals surface area contributed by atoms with Crippen molar-refractivity contribution in [3.05, 3.63) is 94.6 Å². The first-order valence-electron chi connectivity index (χ1n) is 10.4. The molecule has 1 aliphatic carbocycles. The fraction of sp³-hybridized carbons (Fsp3) is 0.200. The van der Waals surface area contributed by atoms with Gasteiger partial charge in [-0.05, 0) is 28.3 Å². The van der Waals surface area contributed by atoms with Crippen LogP contribution in [-0.2, 0) is 4.74 Å². The zero-order valence-corrected chi connectivity index (χ0v) is 17.7. The minimum Gasteiger partial charge on any atom is -0.478 e. The molecule has 2 unspecified atom stereocenters. The van der Waals surface area contributed by atoms with E-state index in [-0.39, 0.29) is 12.5 Å². The Morgan fingerprint density at radius 2 is 1.53 bits per heavy atom. The molecule has 0 aliphatic heterocycles. The van der Waals surface area contributed by atoms with E-state index in [1.54, 1.807) is 0 Å². The second-order valence-corrected chi connectivity index (χ2v) is 7.88. The Morgan fingerprint density at radius 3 is 2.12 bits per heavy atom. The second-order valence-electron chi connectivity index (χ2n) is 7.88. The van der Waals surface area contributed by atoms with E-state index in [9.17, 15) is 28.6 Å². The smallest absolute Gasteiger partial charge is 0.407 e. The zero-order valence-electron chi connectivity index (χ0n) is 17.7. The lowest BCUT2D eigenvalue weighted by atomic mass is 9.98. The number of alkyl carbamates (subject to hydrolysis) is 1. The molecule has 0 radical (unpaired) electrons. The van der Waals surface area contributed by atoms with Crippen molar-refractivity contribution < 1.29 is 38.4 Å². The number of ether oxygens (including phenoxy) is 1. The van der Waals surface area contributed by atoms with Crippen LogP contribution in [0.1, 0.15) is 39.1 Å². The van der Waals surface area contributed by atoms with E-state index >= 15 is 0 Å². The summed E-state index contributed by atoms with van der Waals surface area (Å²) < 4.78 is 32.9. The highest BCUT2D eigenvalue weighted by atomic mass is 19.1. The van der Waals surface area contributed by atoms with Gasteiger partial charge in [-0.2, -0.15) is 0 Å². The van der Waals surface area contributed by atoms with Crippen molar-refractivity contribution in [2.45, 2.75) is 18.1 Å². The Hall–Kier alpha value is -3.82. The largest absolute Gasteiger partial charge is 0.478 e. The molecule has 0 spiro atoms. The number of aromatic carboxylic acids is 1. The molecule has 7 nitrogen and oxygen atoms in total. The molecule has 0 heterocycles. The third kappa shape index (κ3) is 4.48. The number of hydrogen-bond donors (Lipinski definition) is 4. The quantitative estimate of drug-likeness (QED) is 0.420. The number of fused-ring (bicyclic) bond motifs is 3. The Labute approximate surface area is 193 Å². The van der Waals surface area contributed by atoms with E-state index in [1.807, 2.05) is 48.5 Å². The highest BCUT2D eigenvalue weighted by molar-refractivity contribution is 5.88. The van der Waals surface area contributed by atoms with Crippen molar-refractivity contribution in [2.24, 2.45) is 0 Å². The molecule has 34 heavy (non-hydrogen) atoms. The van der Waals surface area contributed by atoms with E-state index in [4.69, 9.17) is 9.84 Å². The van der Waals surface area contributed by atoms with Crippen LogP contribution in [0.5, 0.6) is 0 Å². The van der Waals surface area contributed by atoms with E-state index in [2.05, 4.69) is 5.32 Å². The molecular formula is C25H21F2NO6. The summed E-state index contributed by atoms with van der Waals surface area (Å²) in [7, 11) is 0. The first-order valence-corrected chi connectivity index (χ1v) is 10.4. The Bertz CT molecular complexity index is 1200. The van der Waals surface area contributed by atoms with Gasteiger partial charge in [-0.25, -0.2) is 18.4 Å². The molecule has 0 saturated carbocycles. The lowest BCUT2D eigenvalue weighted by molar-refractivity contribution is 0.0164. The van der Waals surface area contributed by atoms with Crippen LogP contribution in [0.15, 0.2) is 60.7 Å². The lowest BCUT2D eigenvalue weighted by Crippen LogP contribution is -2.36. The fourth-order valence-electron chi connectivity index (χ4n) is 4.11. The maximum absolute atomic E-state index is 14.0. The van der Waals surface area contributed by atoms with E-state index < -0.39 is 53.6 Å². The van der Waals surface area contributed by atoms with Crippen LogP contribution in [0.4, 0.5) is 13.6 Å². The normalized spacial score (nSPS) is 14.1. The molecule has 2 atom stereocenters. The maximum atomic E-state index is 14.0. The average molecular weight is 469 g/mol. The molecule has 4 N–H and O–H groups in total. The second kappa shape index (κ2) is 9.58. The van der Waals surface area contributed by atoms with Gasteiger partial charge in [-0.3, -0.25) is 0 Å². The number of nitrogens with one attached hydrogen (secondary N) is 1. The van der Waals surface area contributed by atoms with Gasteiger partial charge in [-0.15, -0.1) is 0 Å². The molecule has 9 heteroatoms.